The third kappa shape index (κ3) is 3.18. The highest BCUT2D eigenvalue weighted by atomic mass is 35.5. The van der Waals surface area contributed by atoms with Crippen molar-refractivity contribution in [3.05, 3.63) is 58.1 Å². The summed E-state index contributed by atoms with van der Waals surface area (Å²) >= 11 is 6.08. The Bertz CT molecular complexity index is 647. The summed E-state index contributed by atoms with van der Waals surface area (Å²) in [4.78, 5) is 0. The first-order valence-corrected chi connectivity index (χ1v) is 6.15. The Kier molecular flexibility index (Phi) is 3.94. The van der Waals surface area contributed by atoms with Gasteiger partial charge in [-0.25, -0.2) is 0 Å². The van der Waals surface area contributed by atoms with Crippen LogP contribution in [0.1, 0.15) is 16.7 Å². The fourth-order valence-electron chi connectivity index (χ4n) is 1.66. The number of anilines is 1. The molecule has 0 aliphatic rings. The minimum absolute atomic E-state index is 0.342. The average molecular weight is 273 g/mol. The van der Waals surface area contributed by atoms with Gasteiger partial charge in [-0.15, -0.1) is 0 Å². The van der Waals surface area contributed by atoms with E-state index in [4.69, 9.17) is 27.3 Å². The smallest absolute Gasteiger partial charge is 0.124 e. The molecular weight excluding hydrogens is 260 g/mol. The summed E-state index contributed by atoms with van der Waals surface area (Å²) in [7, 11) is 0. The number of nitrogens with two attached hydrogens (primary N) is 1. The summed E-state index contributed by atoms with van der Waals surface area (Å²) in [5.74, 6) is 0.687. The van der Waals surface area contributed by atoms with Crippen LogP contribution < -0.4 is 10.5 Å². The van der Waals surface area contributed by atoms with Gasteiger partial charge in [0, 0.05) is 16.3 Å². The Morgan fingerprint density at radius 1 is 1.26 bits per heavy atom. The molecule has 3 nitrogen and oxygen atoms in total. The zero-order valence-electron chi connectivity index (χ0n) is 10.5. The van der Waals surface area contributed by atoms with Crippen molar-refractivity contribution in [1.29, 1.82) is 5.26 Å². The molecule has 0 spiro atoms. The molecule has 0 unspecified atom stereocenters. The summed E-state index contributed by atoms with van der Waals surface area (Å²) in [5, 5.41) is 9.45. The Labute approximate surface area is 117 Å². The van der Waals surface area contributed by atoms with Crippen LogP contribution in [-0.2, 0) is 6.61 Å². The van der Waals surface area contributed by atoms with Gasteiger partial charge in [-0.3, -0.25) is 0 Å². The standard InChI is InChI=1S/C15H13ClN2O/c1-10-2-3-11(8-17)6-15(10)19-9-12-4-5-13(18)7-14(12)16/h2-7H,9,18H2,1H3. The number of nitrogen functional groups attached to an aromatic ring is 1. The van der Waals surface area contributed by atoms with E-state index in [1.165, 1.54) is 0 Å². The van der Waals surface area contributed by atoms with Crippen LogP contribution in [0.4, 0.5) is 5.69 Å². The quantitative estimate of drug-likeness (QED) is 0.867. The molecule has 2 aromatic rings. The lowest BCUT2D eigenvalue weighted by Gasteiger charge is -2.10. The van der Waals surface area contributed by atoms with Gasteiger partial charge in [-0.05, 0) is 36.8 Å². The highest BCUT2D eigenvalue weighted by Crippen LogP contribution is 2.24. The van der Waals surface area contributed by atoms with Gasteiger partial charge >= 0.3 is 0 Å². The first kappa shape index (κ1) is 13.3. The predicted octanol–water partition coefficient (Wildman–Crippen LogP) is 3.68. The van der Waals surface area contributed by atoms with Crippen LogP contribution in [-0.4, -0.2) is 0 Å². The summed E-state index contributed by atoms with van der Waals surface area (Å²) in [6.45, 7) is 2.27. The predicted molar refractivity (Wildman–Crippen MR) is 76.1 cm³/mol. The van der Waals surface area contributed by atoms with Gasteiger partial charge in [0.15, 0.2) is 0 Å². The van der Waals surface area contributed by atoms with Crippen LogP contribution >= 0.6 is 11.6 Å². The third-order valence-corrected chi connectivity index (χ3v) is 3.13. The summed E-state index contributed by atoms with van der Waals surface area (Å²) in [5.41, 5.74) is 8.67. The van der Waals surface area contributed by atoms with Crippen molar-refractivity contribution < 1.29 is 4.74 Å². The minimum Gasteiger partial charge on any atom is -0.489 e. The van der Waals surface area contributed by atoms with Gasteiger partial charge in [-0.2, -0.15) is 5.26 Å². The fourth-order valence-corrected chi connectivity index (χ4v) is 1.90. The molecule has 0 bridgehead atoms. The lowest BCUT2D eigenvalue weighted by molar-refractivity contribution is 0.304. The minimum atomic E-state index is 0.342. The van der Waals surface area contributed by atoms with Crippen molar-refractivity contribution in [2.45, 2.75) is 13.5 Å². The van der Waals surface area contributed by atoms with E-state index >= 15 is 0 Å². The number of nitriles is 1. The van der Waals surface area contributed by atoms with E-state index in [1.54, 1.807) is 24.3 Å². The molecule has 2 N–H and O–H groups in total. The number of aryl methyl sites for hydroxylation is 1. The second-order valence-electron chi connectivity index (χ2n) is 4.23. The van der Waals surface area contributed by atoms with Gasteiger partial charge in [0.2, 0.25) is 0 Å². The number of halogens is 1. The fraction of sp³-hybridized carbons (Fsp3) is 0.133. The molecule has 0 aliphatic heterocycles. The maximum atomic E-state index is 8.87. The molecule has 0 saturated heterocycles. The van der Waals surface area contributed by atoms with Crippen LogP contribution in [0.5, 0.6) is 5.75 Å². The largest absolute Gasteiger partial charge is 0.489 e. The van der Waals surface area contributed by atoms with Crippen molar-refractivity contribution >= 4 is 17.3 Å². The van der Waals surface area contributed by atoms with Gasteiger partial charge in [0.1, 0.15) is 12.4 Å². The molecule has 0 heterocycles. The van der Waals surface area contributed by atoms with Crippen LogP contribution in [0.15, 0.2) is 36.4 Å². The van der Waals surface area contributed by atoms with Gasteiger partial charge in [0.05, 0.1) is 11.6 Å². The highest BCUT2D eigenvalue weighted by molar-refractivity contribution is 6.31. The third-order valence-electron chi connectivity index (χ3n) is 2.78. The van der Waals surface area contributed by atoms with E-state index in [9.17, 15) is 0 Å². The molecule has 19 heavy (non-hydrogen) atoms. The van der Waals surface area contributed by atoms with Crippen molar-refractivity contribution in [3.63, 3.8) is 0 Å². The molecule has 0 saturated carbocycles. The normalized spacial score (nSPS) is 9.95. The molecule has 0 amide bonds. The molecule has 2 rings (SSSR count). The maximum Gasteiger partial charge on any atom is 0.124 e. The number of benzene rings is 2. The molecular formula is C15H13ClN2O. The van der Waals surface area contributed by atoms with E-state index in [-0.39, 0.29) is 0 Å². The van der Waals surface area contributed by atoms with Gasteiger partial charge in [-0.1, -0.05) is 23.7 Å². The molecule has 0 aromatic heterocycles. The number of hydrogen-bond donors (Lipinski definition) is 1. The van der Waals surface area contributed by atoms with E-state index < -0.39 is 0 Å². The van der Waals surface area contributed by atoms with E-state index in [0.717, 1.165) is 11.1 Å². The number of rotatable bonds is 3. The Balaban J connectivity index is 2.16. The Morgan fingerprint density at radius 3 is 2.74 bits per heavy atom. The van der Waals surface area contributed by atoms with Crippen molar-refractivity contribution in [2.24, 2.45) is 0 Å². The summed E-state index contributed by atoms with van der Waals surface area (Å²) in [6, 6.07) is 12.7. The number of ether oxygens (including phenoxy) is 1. The molecule has 2 aromatic carbocycles. The Hall–Kier alpha value is -2.18. The average Bonchev–Trinajstić information content (AvgIpc) is 2.39. The first-order chi connectivity index (χ1) is 9.10. The maximum absolute atomic E-state index is 8.87. The molecule has 0 aliphatic carbocycles. The zero-order chi connectivity index (χ0) is 13.8. The highest BCUT2D eigenvalue weighted by Gasteiger charge is 2.05. The van der Waals surface area contributed by atoms with Crippen LogP contribution in [0.2, 0.25) is 5.02 Å². The second-order valence-corrected chi connectivity index (χ2v) is 4.64. The SMILES string of the molecule is Cc1ccc(C#N)cc1OCc1ccc(N)cc1Cl. The molecule has 0 atom stereocenters. The first-order valence-electron chi connectivity index (χ1n) is 5.77. The molecule has 4 heteroatoms. The van der Waals surface area contributed by atoms with E-state index in [2.05, 4.69) is 6.07 Å². The molecule has 0 radical (unpaired) electrons. The van der Waals surface area contributed by atoms with Gasteiger partial charge in [0.25, 0.3) is 0 Å². The number of nitrogens with zero attached hydrogens (tertiary/aromatic N) is 1. The lowest BCUT2D eigenvalue weighted by atomic mass is 10.1. The Morgan fingerprint density at radius 2 is 2.05 bits per heavy atom. The molecule has 0 fully saturated rings. The van der Waals surface area contributed by atoms with Crippen molar-refractivity contribution in [1.82, 2.24) is 0 Å². The number of hydrogen-bond acceptors (Lipinski definition) is 3. The van der Waals surface area contributed by atoms with Crippen molar-refractivity contribution in [2.75, 3.05) is 5.73 Å². The van der Waals surface area contributed by atoms with Crippen LogP contribution in [0.25, 0.3) is 0 Å². The van der Waals surface area contributed by atoms with Crippen LogP contribution in [0.3, 0.4) is 0 Å². The molecule has 96 valence electrons. The van der Waals surface area contributed by atoms with Gasteiger partial charge < -0.3 is 10.5 Å². The second kappa shape index (κ2) is 5.64. The lowest BCUT2D eigenvalue weighted by Crippen LogP contribution is -1.99. The zero-order valence-corrected chi connectivity index (χ0v) is 11.2. The van der Waals surface area contributed by atoms with Crippen LogP contribution in [0, 0.1) is 18.3 Å². The van der Waals surface area contributed by atoms with E-state index in [1.807, 2.05) is 19.1 Å². The summed E-state index contributed by atoms with van der Waals surface area (Å²) < 4.78 is 5.71. The summed E-state index contributed by atoms with van der Waals surface area (Å²) in [6.07, 6.45) is 0. The topological polar surface area (TPSA) is 59.0 Å². The van der Waals surface area contributed by atoms with E-state index in [0.29, 0.717) is 28.6 Å². The van der Waals surface area contributed by atoms with Crippen molar-refractivity contribution in [3.8, 4) is 11.8 Å². The monoisotopic (exact) mass is 272 g/mol.